The van der Waals surface area contributed by atoms with Crippen molar-refractivity contribution < 1.29 is 19.4 Å². The number of hydrogen-bond acceptors (Lipinski definition) is 7. The van der Waals surface area contributed by atoms with Crippen LogP contribution in [0.1, 0.15) is 22.8 Å². The Hall–Kier alpha value is -1.77. The Bertz CT molecular complexity index is 936. The molecule has 0 saturated heterocycles. The summed E-state index contributed by atoms with van der Waals surface area (Å²) in [6.07, 6.45) is -0.485. The Morgan fingerprint density at radius 3 is 3.00 bits per heavy atom. The van der Waals surface area contributed by atoms with E-state index >= 15 is 0 Å². The van der Waals surface area contributed by atoms with Crippen LogP contribution < -0.4 is 14.7 Å². The van der Waals surface area contributed by atoms with E-state index in [0.717, 1.165) is 11.3 Å². The first-order chi connectivity index (χ1) is 11.4. The molecule has 0 unspecified atom stereocenters. The van der Waals surface area contributed by atoms with Crippen molar-refractivity contribution >= 4 is 46.6 Å². The number of thiazole rings is 1. The number of esters is 1. The number of hydrogen-bond donors (Lipinski definition) is 1. The third kappa shape index (κ3) is 2.21. The van der Waals surface area contributed by atoms with Crippen LogP contribution in [0.3, 0.4) is 0 Å². The Kier molecular flexibility index (Phi) is 3.52. The minimum absolute atomic E-state index is 0.177. The number of nitrogens with one attached hydrogen (secondary N) is 1. The van der Waals surface area contributed by atoms with Gasteiger partial charge in [0.05, 0.1) is 10.4 Å². The molecule has 2 aliphatic rings. The van der Waals surface area contributed by atoms with Crippen LogP contribution in [0.25, 0.3) is 0 Å². The van der Waals surface area contributed by atoms with Crippen LogP contribution in [0.15, 0.2) is 28.0 Å². The highest BCUT2D eigenvalue weighted by Gasteiger charge is 2.56. The average molecular weight is 383 g/mol. The molecule has 0 spiro atoms. The van der Waals surface area contributed by atoms with Crippen LogP contribution in [0.2, 0.25) is 5.02 Å². The highest BCUT2D eigenvalue weighted by atomic mass is 35.5. The van der Waals surface area contributed by atoms with Gasteiger partial charge in [0.15, 0.2) is 0 Å². The Labute approximate surface area is 148 Å². The molecule has 1 N–H and O–H groups in total. The van der Waals surface area contributed by atoms with Gasteiger partial charge in [-0.3, -0.25) is 9.59 Å². The fourth-order valence-electron chi connectivity index (χ4n) is 3.30. The SMILES string of the molecule is O=C([O-])C[C@]12CSc3[nH]c(=O)sc3[C@H]1c1cc(Cl)ccc1OC2=O. The van der Waals surface area contributed by atoms with Crippen molar-refractivity contribution in [2.75, 3.05) is 5.75 Å². The summed E-state index contributed by atoms with van der Waals surface area (Å²) in [6.45, 7) is 0. The second kappa shape index (κ2) is 5.37. The number of aromatic nitrogens is 1. The zero-order valence-corrected chi connectivity index (χ0v) is 14.3. The number of thioether (sulfide) groups is 1. The van der Waals surface area contributed by atoms with E-state index in [0.29, 0.717) is 26.2 Å². The van der Waals surface area contributed by atoms with Crippen molar-refractivity contribution in [1.82, 2.24) is 4.98 Å². The third-order valence-corrected chi connectivity index (χ3v) is 6.86. The van der Waals surface area contributed by atoms with Gasteiger partial charge in [-0.2, -0.15) is 0 Å². The number of rotatable bonds is 2. The first-order valence-corrected chi connectivity index (χ1v) is 9.16. The van der Waals surface area contributed by atoms with E-state index in [1.54, 1.807) is 18.2 Å². The van der Waals surface area contributed by atoms with Crippen LogP contribution in [-0.4, -0.2) is 22.7 Å². The lowest BCUT2D eigenvalue weighted by Crippen LogP contribution is -2.50. The van der Waals surface area contributed by atoms with Crippen molar-refractivity contribution in [3.05, 3.63) is 43.3 Å². The number of carboxylic acid groups (broad SMARTS) is 1. The number of benzene rings is 1. The van der Waals surface area contributed by atoms with E-state index < -0.39 is 29.7 Å². The molecule has 2 aliphatic heterocycles. The summed E-state index contributed by atoms with van der Waals surface area (Å²) in [7, 11) is 0. The number of fused-ring (bicyclic) bond motifs is 5. The molecule has 0 saturated carbocycles. The molecule has 0 aliphatic carbocycles. The van der Waals surface area contributed by atoms with Crippen LogP contribution in [0, 0.1) is 5.41 Å². The fourth-order valence-corrected chi connectivity index (χ4v) is 6.02. The first-order valence-electron chi connectivity index (χ1n) is 6.98. The Balaban J connectivity index is 2.01. The largest absolute Gasteiger partial charge is 0.550 e. The lowest BCUT2D eigenvalue weighted by Gasteiger charge is -2.44. The molecule has 1 aromatic carbocycles. The smallest absolute Gasteiger partial charge is 0.319 e. The molecule has 2 atom stereocenters. The minimum atomic E-state index is -1.34. The van der Waals surface area contributed by atoms with Crippen LogP contribution in [0.4, 0.5) is 0 Å². The lowest BCUT2D eigenvalue weighted by atomic mass is 9.68. The zero-order valence-electron chi connectivity index (χ0n) is 12.0. The normalized spacial score (nSPS) is 24.5. The van der Waals surface area contributed by atoms with E-state index in [9.17, 15) is 19.5 Å². The highest BCUT2D eigenvalue weighted by molar-refractivity contribution is 7.99. The van der Waals surface area contributed by atoms with Crippen LogP contribution >= 0.6 is 34.7 Å². The summed E-state index contributed by atoms with van der Waals surface area (Å²) in [5.74, 6) is -2.05. The van der Waals surface area contributed by atoms with Crippen LogP contribution in [-0.2, 0) is 9.59 Å². The molecule has 0 fully saturated rings. The van der Waals surface area contributed by atoms with Gasteiger partial charge in [-0.05, 0) is 18.2 Å². The second-order valence-electron chi connectivity index (χ2n) is 5.71. The van der Waals surface area contributed by atoms with Crippen molar-refractivity contribution in [3.8, 4) is 5.75 Å². The quantitative estimate of drug-likeness (QED) is 0.622. The number of carboxylic acids is 1. The molecule has 9 heteroatoms. The van der Waals surface area contributed by atoms with Gasteiger partial charge in [-0.15, -0.1) is 11.8 Å². The second-order valence-corrected chi connectivity index (χ2v) is 8.14. The van der Waals surface area contributed by atoms with Crippen molar-refractivity contribution in [1.29, 1.82) is 0 Å². The lowest BCUT2D eigenvalue weighted by molar-refractivity contribution is -0.308. The first kappa shape index (κ1) is 15.7. The molecule has 124 valence electrons. The maximum Gasteiger partial charge on any atom is 0.319 e. The molecule has 3 heterocycles. The monoisotopic (exact) mass is 382 g/mol. The highest BCUT2D eigenvalue weighted by Crippen LogP contribution is 2.58. The van der Waals surface area contributed by atoms with Crippen molar-refractivity contribution in [2.45, 2.75) is 17.4 Å². The number of carbonyl (C=O) groups excluding carboxylic acids is 2. The fraction of sp³-hybridized carbons (Fsp3) is 0.267. The Morgan fingerprint density at radius 1 is 1.46 bits per heavy atom. The summed E-state index contributed by atoms with van der Waals surface area (Å²) >= 11 is 8.31. The number of halogens is 1. The van der Waals surface area contributed by atoms with Gasteiger partial charge < -0.3 is 19.6 Å². The van der Waals surface area contributed by atoms with Gasteiger partial charge in [0.1, 0.15) is 5.75 Å². The number of carbonyl (C=O) groups is 2. The zero-order chi connectivity index (χ0) is 17.1. The summed E-state index contributed by atoms with van der Waals surface area (Å²) in [5, 5.41) is 12.4. The van der Waals surface area contributed by atoms with E-state index in [1.165, 1.54) is 11.8 Å². The number of aromatic amines is 1. The van der Waals surface area contributed by atoms with Gasteiger partial charge >= 0.3 is 10.8 Å². The van der Waals surface area contributed by atoms with Crippen LogP contribution in [0.5, 0.6) is 5.75 Å². The molecule has 0 amide bonds. The molecule has 0 bridgehead atoms. The summed E-state index contributed by atoms with van der Waals surface area (Å²) in [5.41, 5.74) is -0.709. The minimum Gasteiger partial charge on any atom is -0.550 e. The van der Waals surface area contributed by atoms with E-state index in [2.05, 4.69) is 4.98 Å². The molecule has 2 aromatic rings. The van der Waals surface area contributed by atoms with Gasteiger partial charge in [-0.25, -0.2) is 0 Å². The molecule has 6 nitrogen and oxygen atoms in total. The number of H-pyrrole nitrogens is 1. The maximum absolute atomic E-state index is 12.7. The standard InChI is InChI=1S/C15H10ClNO5S2/c16-6-1-2-8-7(3-6)10-11-12(17-14(21)24-11)23-5-15(10,4-9(18)19)13(20)22-8/h1-3,10H,4-5H2,(H,17,21)(H,18,19)/p-1/t10-,15+/m1/s1. The topological polar surface area (TPSA) is 99.3 Å². The van der Waals surface area contributed by atoms with E-state index in [1.807, 2.05) is 0 Å². The predicted molar refractivity (Wildman–Crippen MR) is 86.7 cm³/mol. The summed E-state index contributed by atoms with van der Waals surface area (Å²) in [6, 6.07) is 4.83. The molecule has 24 heavy (non-hydrogen) atoms. The van der Waals surface area contributed by atoms with E-state index in [-0.39, 0.29) is 10.6 Å². The summed E-state index contributed by atoms with van der Waals surface area (Å²) < 4.78 is 5.40. The molecule has 0 radical (unpaired) electrons. The molecular formula is C15H9ClNO5S2-. The average Bonchev–Trinajstić information content (AvgIpc) is 2.88. The third-order valence-electron chi connectivity index (χ3n) is 4.28. The van der Waals surface area contributed by atoms with Gasteiger partial charge in [-0.1, -0.05) is 22.9 Å². The summed E-state index contributed by atoms with van der Waals surface area (Å²) in [4.78, 5) is 39.0. The van der Waals surface area contributed by atoms with Gasteiger partial charge in [0.2, 0.25) is 0 Å². The van der Waals surface area contributed by atoms with Gasteiger partial charge in [0, 0.05) is 39.5 Å². The molecule has 1 aromatic heterocycles. The van der Waals surface area contributed by atoms with Gasteiger partial charge in [0.25, 0.3) is 0 Å². The number of aliphatic carboxylic acids is 1. The van der Waals surface area contributed by atoms with Crippen molar-refractivity contribution in [2.24, 2.45) is 5.41 Å². The predicted octanol–water partition coefficient (Wildman–Crippen LogP) is 1.37. The maximum atomic E-state index is 12.7. The van der Waals surface area contributed by atoms with Crippen molar-refractivity contribution in [3.63, 3.8) is 0 Å². The molecule has 4 rings (SSSR count). The Morgan fingerprint density at radius 2 is 2.25 bits per heavy atom. The molecular weight excluding hydrogens is 374 g/mol. The van der Waals surface area contributed by atoms with E-state index in [4.69, 9.17) is 16.3 Å². The number of ether oxygens (including phenoxy) is 1.